The topological polar surface area (TPSA) is 143 Å². The van der Waals surface area contributed by atoms with Crippen molar-refractivity contribution in [3.8, 4) is 11.8 Å². The van der Waals surface area contributed by atoms with Crippen molar-refractivity contribution in [1.82, 2.24) is 20.0 Å². The first-order chi connectivity index (χ1) is 17.3. The van der Waals surface area contributed by atoms with E-state index in [0.717, 1.165) is 10.9 Å². The molecular formula is C26H26N6O4. The number of piperidine rings is 2. The van der Waals surface area contributed by atoms with Crippen LogP contribution < -0.4 is 15.8 Å². The number of para-hydroxylation sites is 1. The lowest BCUT2D eigenvalue weighted by Crippen LogP contribution is -2.41. The first-order valence-electron chi connectivity index (χ1n) is 11.9. The van der Waals surface area contributed by atoms with Crippen molar-refractivity contribution < 1.29 is 19.1 Å². The van der Waals surface area contributed by atoms with Crippen LogP contribution in [0.3, 0.4) is 0 Å². The van der Waals surface area contributed by atoms with E-state index in [-0.39, 0.29) is 30.2 Å². The van der Waals surface area contributed by atoms with Gasteiger partial charge in [-0.2, -0.15) is 10.4 Å². The Morgan fingerprint density at radius 3 is 2.69 bits per heavy atom. The highest BCUT2D eigenvalue weighted by molar-refractivity contribution is 6.03. The molecular weight excluding hydrogens is 460 g/mol. The van der Waals surface area contributed by atoms with Crippen LogP contribution >= 0.6 is 0 Å². The minimum absolute atomic E-state index is 0.0934. The van der Waals surface area contributed by atoms with Crippen LogP contribution in [0, 0.1) is 11.3 Å². The molecule has 10 nitrogen and oxygen atoms in total. The van der Waals surface area contributed by atoms with E-state index in [2.05, 4.69) is 10.4 Å². The molecule has 2 aliphatic heterocycles. The van der Waals surface area contributed by atoms with Gasteiger partial charge in [-0.05, 0) is 30.7 Å². The van der Waals surface area contributed by atoms with E-state index in [9.17, 15) is 14.4 Å². The summed E-state index contributed by atoms with van der Waals surface area (Å²) in [6.07, 6.45) is 1.91. The van der Waals surface area contributed by atoms with Gasteiger partial charge in [0, 0.05) is 56.0 Å². The van der Waals surface area contributed by atoms with Crippen molar-refractivity contribution in [2.45, 2.75) is 37.7 Å². The summed E-state index contributed by atoms with van der Waals surface area (Å²) >= 11 is 0. The fraction of sp³-hybridized carbons (Fsp3) is 0.346. The largest absolute Gasteiger partial charge is 0.488 e. The summed E-state index contributed by atoms with van der Waals surface area (Å²) in [5, 5.41) is 17.0. The Balaban J connectivity index is 1.30. The molecule has 2 aliphatic rings. The number of aromatic nitrogens is 2. The van der Waals surface area contributed by atoms with E-state index in [0.29, 0.717) is 60.6 Å². The molecule has 1 unspecified atom stereocenters. The maximum atomic E-state index is 13.0. The second kappa shape index (κ2) is 9.34. The number of carbonyl (C=O) groups is 3. The number of aryl methyl sites for hydroxylation is 1. The number of hydrogen-bond donors (Lipinski definition) is 2. The normalized spacial score (nSPS) is 18.7. The van der Waals surface area contributed by atoms with Crippen molar-refractivity contribution in [2.75, 3.05) is 18.8 Å². The number of carbonyl (C=O) groups excluding carboxylic acids is 3. The third-order valence-electron chi connectivity index (χ3n) is 6.78. The molecule has 0 spiro atoms. The lowest BCUT2D eigenvalue weighted by Gasteiger charge is -2.32. The van der Waals surface area contributed by atoms with Crippen LogP contribution in [-0.4, -0.2) is 51.6 Å². The molecule has 10 heteroatoms. The zero-order valence-electron chi connectivity index (χ0n) is 19.9. The van der Waals surface area contributed by atoms with Gasteiger partial charge in [0.05, 0.1) is 23.2 Å². The highest BCUT2D eigenvalue weighted by Crippen LogP contribution is 2.35. The molecule has 184 valence electrons. The summed E-state index contributed by atoms with van der Waals surface area (Å²) in [5.41, 5.74) is 8.43. The van der Waals surface area contributed by atoms with E-state index in [1.54, 1.807) is 27.8 Å². The second-order valence-electron chi connectivity index (χ2n) is 9.23. The third kappa shape index (κ3) is 4.35. The molecule has 3 amide bonds. The lowest BCUT2D eigenvalue weighted by atomic mass is 9.93. The lowest BCUT2D eigenvalue weighted by molar-refractivity contribution is -0.134. The zero-order valence-corrected chi connectivity index (χ0v) is 19.9. The number of likely N-dealkylation sites (tertiary alicyclic amines) is 1. The van der Waals surface area contributed by atoms with Crippen LogP contribution in [0.25, 0.3) is 10.9 Å². The Kier molecular flexibility index (Phi) is 6.06. The van der Waals surface area contributed by atoms with Gasteiger partial charge in [-0.1, -0.05) is 12.1 Å². The summed E-state index contributed by atoms with van der Waals surface area (Å²) in [6, 6.07) is 12.4. The monoisotopic (exact) mass is 486 g/mol. The minimum atomic E-state index is -0.482. The first kappa shape index (κ1) is 23.4. The van der Waals surface area contributed by atoms with Crippen LogP contribution in [0.5, 0.6) is 5.75 Å². The van der Waals surface area contributed by atoms with E-state index < -0.39 is 5.92 Å². The number of fused-ring (bicyclic) bond motifs is 1. The molecule has 1 aromatic heterocycles. The van der Waals surface area contributed by atoms with Gasteiger partial charge in [-0.15, -0.1) is 0 Å². The maximum absolute atomic E-state index is 13.0. The second-order valence-corrected chi connectivity index (χ2v) is 9.23. The van der Waals surface area contributed by atoms with E-state index >= 15 is 0 Å². The number of imide groups is 1. The average molecular weight is 487 g/mol. The SMILES string of the molecule is Cn1nc(C2CCC(=O)NC2=O)c2cccc(OC3CCN(C(=O)c4cc(N)cc(C#N)c4)CC3)c21. The first-order valence-corrected chi connectivity index (χ1v) is 11.9. The number of nitrogen functional groups attached to an aromatic ring is 1. The van der Waals surface area contributed by atoms with Crippen molar-refractivity contribution in [2.24, 2.45) is 7.05 Å². The summed E-state index contributed by atoms with van der Waals surface area (Å²) in [4.78, 5) is 38.7. The van der Waals surface area contributed by atoms with Crippen molar-refractivity contribution in [1.29, 1.82) is 5.26 Å². The minimum Gasteiger partial charge on any atom is -0.488 e. The number of nitrogens with zero attached hydrogens (tertiary/aromatic N) is 4. The highest BCUT2D eigenvalue weighted by atomic mass is 16.5. The molecule has 1 atom stereocenters. The fourth-order valence-electron chi connectivity index (χ4n) is 5.01. The van der Waals surface area contributed by atoms with Gasteiger partial charge in [0.1, 0.15) is 17.4 Å². The number of nitrogens with one attached hydrogen (secondary N) is 1. The fourth-order valence-corrected chi connectivity index (χ4v) is 5.01. The molecule has 0 aliphatic carbocycles. The Labute approximate surface area is 207 Å². The molecule has 5 rings (SSSR count). The highest BCUT2D eigenvalue weighted by Gasteiger charge is 2.32. The molecule has 2 aromatic carbocycles. The van der Waals surface area contributed by atoms with Crippen LogP contribution in [0.4, 0.5) is 5.69 Å². The van der Waals surface area contributed by atoms with Crippen molar-refractivity contribution >= 4 is 34.3 Å². The van der Waals surface area contributed by atoms with Gasteiger partial charge >= 0.3 is 0 Å². The van der Waals surface area contributed by atoms with Crippen molar-refractivity contribution in [3.63, 3.8) is 0 Å². The number of benzene rings is 2. The quantitative estimate of drug-likeness (QED) is 0.425. The number of hydrogen-bond acceptors (Lipinski definition) is 7. The number of rotatable bonds is 4. The Hall–Kier alpha value is -4.39. The molecule has 0 saturated carbocycles. The van der Waals surface area contributed by atoms with Gasteiger partial charge in [0.2, 0.25) is 11.8 Å². The number of nitriles is 1. The number of ether oxygens (including phenoxy) is 1. The predicted octanol–water partition coefficient (Wildman–Crippen LogP) is 2.23. The van der Waals surface area contributed by atoms with Gasteiger partial charge in [-0.25, -0.2) is 0 Å². The van der Waals surface area contributed by atoms with Gasteiger partial charge in [0.25, 0.3) is 5.91 Å². The summed E-state index contributed by atoms with van der Waals surface area (Å²) < 4.78 is 8.08. The molecule has 2 fully saturated rings. The van der Waals surface area contributed by atoms with Crippen LogP contribution in [0.1, 0.15) is 53.2 Å². The third-order valence-corrected chi connectivity index (χ3v) is 6.78. The smallest absolute Gasteiger partial charge is 0.253 e. The molecule has 3 N–H and O–H groups in total. The predicted molar refractivity (Wildman–Crippen MR) is 131 cm³/mol. The van der Waals surface area contributed by atoms with Crippen molar-refractivity contribution in [3.05, 3.63) is 53.2 Å². The van der Waals surface area contributed by atoms with Crippen LogP contribution in [0.15, 0.2) is 36.4 Å². The molecule has 36 heavy (non-hydrogen) atoms. The molecule has 0 radical (unpaired) electrons. The number of amides is 3. The maximum Gasteiger partial charge on any atom is 0.253 e. The Morgan fingerprint density at radius 2 is 1.97 bits per heavy atom. The summed E-state index contributed by atoms with van der Waals surface area (Å²) in [7, 11) is 1.81. The molecule has 3 aromatic rings. The van der Waals surface area contributed by atoms with Gasteiger partial charge in [-0.3, -0.25) is 24.4 Å². The average Bonchev–Trinajstić information content (AvgIpc) is 3.20. The van der Waals surface area contributed by atoms with Crippen LogP contribution in [-0.2, 0) is 16.6 Å². The Bertz CT molecular complexity index is 1410. The molecule has 3 heterocycles. The van der Waals surface area contributed by atoms with Gasteiger partial charge in [0.15, 0.2) is 0 Å². The zero-order chi connectivity index (χ0) is 25.4. The van der Waals surface area contributed by atoms with Gasteiger partial charge < -0.3 is 15.4 Å². The van der Waals surface area contributed by atoms with E-state index in [1.165, 1.54) is 0 Å². The Morgan fingerprint density at radius 1 is 1.19 bits per heavy atom. The molecule has 2 saturated heterocycles. The van der Waals surface area contributed by atoms with E-state index in [4.69, 9.17) is 15.7 Å². The standard InChI is InChI=1S/C26H26N6O4/c1-31-24-19(23(30-31)20-5-6-22(33)29-25(20)34)3-2-4-21(24)36-18-7-9-32(10-8-18)26(35)16-11-15(14-27)12-17(28)13-16/h2-4,11-13,18,20H,5-10,28H2,1H3,(H,29,33,34). The number of nitrogens with two attached hydrogens (primary N) is 1. The summed E-state index contributed by atoms with van der Waals surface area (Å²) in [5.74, 6) is -0.548. The summed E-state index contributed by atoms with van der Waals surface area (Å²) in [6.45, 7) is 1.03. The van der Waals surface area contributed by atoms with E-state index in [1.807, 2.05) is 31.3 Å². The van der Waals surface area contributed by atoms with Crippen LogP contribution in [0.2, 0.25) is 0 Å². The number of anilines is 1. The molecule has 0 bridgehead atoms.